The minimum atomic E-state index is 0.437. The maximum absolute atomic E-state index is 4.22. The molecule has 10 nitrogen and oxygen atoms in total. The van der Waals surface area contributed by atoms with Crippen LogP contribution in [-0.2, 0) is 0 Å². The Morgan fingerprint density at radius 3 is 1.34 bits per heavy atom. The normalized spacial score (nSPS) is 10.4. The lowest BCUT2D eigenvalue weighted by molar-refractivity contribution is -0.798. The van der Waals surface area contributed by atoms with Gasteiger partial charge in [-0.3, -0.25) is 0 Å². The van der Waals surface area contributed by atoms with Gasteiger partial charge in [-0.1, -0.05) is 67.5 Å². The second-order valence-corrected chi connectivity index (χ2v) is 14.7. The summed E-state index contributed by atoms with van der Waals surface area (Å²) >= 11 is 0. The van der Waals surface area contributed by atoms with Gasteiger partial charge in [0.25, 0.3) is 0 Å². The summed E-state index contributed by atoms with van der Waals surface area (Å²) in [5.74, 6) is 0. The second-order valence-electron chi connectivity index (χ2n) is 14.7. The summed E-state index contributed by atoms with van der Waals surface area (Å²) in [6, 6.07) is 14.6. The van der Waals surface area contributed by atoms with Crippen LogP contribution < -0.4 is 18.7 Å². The molecule has 0 aliphatic heterocycles. The van der Waals surface area contributed by atoms with Crippen molar-refractivity contribution in [3.8, 4) is 0 Å². The van der Waals surface area contributed by atoms with Crippen molar-refractivity contribution in [1.29, 1.82) is 0 Å². The predicted molar refractivity (Wildman–Crippen MR) is 240 cm³/mol. The van der Waals surface area contributed by atoms with Crippen molar-refractivity contribution in [2.45, 2.75) is 215 Å². The second kappa shape index (κ2) is 31.3. The number of nitrogens with zero attached hydrogens (tertiary/aromatic N) is 10. The number of hydrogen-bond donors (Lipinski definition) is 0. The standard InChI is InChI=1S/C13H19N2.C9H17N2.2C8H16N3.4C2H6/c1-10(2)14-9-12-7-5-6-8-13(12)15(14)11(3)4;1-8(2)10-6-5-7-11(10)9(3)4;1-7(2)10-5-9-6-11(10)8(3)4;1-7(2)10-6-5-9-11(10)8(3)4;4*1-2/h5-11H,1-4H3;5-9H,1-4H3;2*5-8H,1-4H3;4*1-2H3/q4*+1;;;;. The topological polar surface area (TPSA) is 61.0 Å². The molecular formula is C46H92N10+4. The molecule has 0 N–H and O–H groups in total. The van der Waals surface area contributed by atoms with Gasteiger partial charge < -0.3 is 0 Å². The van der Waals surface area contributed by atoms with Gasteiger partial charge in [0.1, 0.15) is 23.6 Å². The SMILES string of the molecule is CC.CC.CC.CC.CC(C)n1c2ccccc2c[n+]1C(C)C.CC(C)n1ccc[n+]1C(C)C.CC(C)n1cnc[n+]1C(C)C.CC(C)n1ncc[n+]1C(C)C. The van der Waals surface area contributed by atoms with Crippen molar-refractivity contribution >= 4 is 10.9 Å². The summed E-state index contributed by atoms with van der Waals surface area (Å²) in [5, 5.41) is 5.54. The molecular weight excluding hydrogens is 693 g/mol. The van der Waals surface area contributed by atoms with Crippen LogP contribution in [0.15, 0.2) is 74.0 Å². The third-order valence-corrected chi connectivity index (χ3v) is 7.85. The van der Waals surface area contributed by atoms with Crippen LogP contribution in [0.4, 0.5) is 0 Å². The third kappa shape index (κ3) is 18.4. The summed E-state index contributed by atoms with van der Waals surface area (Å²) < 4.78 is 15.5. The number of hydrogen-bond acceptors (Lipinski definition) is 2. The highest BCUT2D eigenvalue weighted by molar-refractivity contribution is 5.77. The summed E-state index contributed by atoms with van der Waals surface area (Å²) in [6.07, 6.45) is 14.0. The van der Waals surface area contributed by atoms with Crippen LogP contribution >= 0.6 is 0 Å². The highest BCUT2D eigenvalue weighted by atomic mass is 15.6. The number of para-hydroxylation sites is 1. The molecule has 0 bridgehead atoms. The first kappa shape index (κ1) is 56.5. The Kier molecular flexibility index (Phi) is 31.6. The zero-order chi connectivity index (χ0) is 44.3. The molecule has 0 aliphatic carbocycles. The molecule has 0 aliphatic rings. The molecule has 0 radical (unpaired) electrons. The van der Waals surface area contributed by atoms with Gasteiger partial charge >= 0.3 is 6.33 Å². The first-order valence-electron chi connectivity index (χ1n) is 22.0. The number of rotatable bonds is 8. The van der Waals surface area contributed by atoms with E-state index in [0.29, 0.717) is 48.3 Å². The van der Waals surface area contributed by atoms with E-state index in [1.54, 1.807) is 0 Å². The number of fused-ring (bicyclic) bond motifs is 1. The van der Waals surface area contributed by atoms with Crippen molar-refractivity contribution in [1.82, 2.24) is 28.9 Å². The lowest BCUT2D eigenvalue weighted by atomic mass is 10.2. The quantitative estimate of drug-likeness (QED) is 0.147. The molecule has 4 aromatic heterocycles. The average Bonchev–Trinajstić information content (AvgIpc) is 4.01. The molecule has 0 fully saturated rings. The molecule has 0 saturated heterocycles. The molecule has 0 spiro atoms. The van der Waals surface area contributed by atoms with E-state index in [-0.39, 0.29) is 0 Å². The van der Waals surface area contributed by atoms with Crippen LogP contribution in [0, 0.1) is 0 Å². The molecule has 0 amide bonds. The molecule has 4 heterocycles. The van der Waals surface area contributed by atoms with E-state index in [9.17, 15) is 0 Å². The summed E-state index contributed by atoms with van der Waals surface area (Å²) in [6.45, 7) is 50.9. The maximum Gasteiger partial charge on any atom is 0.307 e. The molecule has 1 aromatic carbocycles. The minimum absolute atomic E-state index is 0.437. The monoisotopic (exact) mass is 785 g/mol. The van der Waals surface area contributed by atoms with Crippen LogP contribution in [0.1, 0.15) is 215 Å². The molecule has 5 rings (SSSR count). The fraction of sp³-hybridized carbons (Fsp3) is 0.696. The maximum atomic E-state index is 4.22. The largest absolute Gasteiger partial charge is 0.307 e. The Morgan fingerprint density at radius 2 is 0.964 bits per heavy atom. The lowest BCUT2D eigenvalue weighted by Gasteiger charge is -2.09. The Labute approximate surface area is 346 Å². The van der Waals surface area contributed by atoms with Gasteiger partial charge in [-0.25, -0.2) is 0 Å². The first-order chi connectivity index (χ1) is 26.5. The third-order valence-electron chi connectivity index (χ3n) is 7.85. The smallest absolute Gasteiger partial charge is 0.178 e. The molecule has 5 aromatic rings. The average molecular weight is 785 g/mol. The van der Waals surface area contributed by atoms with Crippen molar-refractivity contribution in [3.05, 3.63) is 74.0 Å². The Morgan fingerprint density at radius 1 is 0.482 bits per heavy atom. The van der Waals surface area contributed by atoms with Gasteiger partial charge in [0.15, 0.2) is 24.5 Å². The van der Waals surface area contributed by atoms with Gasteiger partial charge in [0.05, 0.1) is 29.7 Å². The van der Waals surface area contributed by atoms with Gasteiger partial charge in [-0.15, -0.1) is 9.36 Å². The van der Waals surface area contributed by atoms with Crippen LogP contribution in [0.5, 0.6) is 0 Å². The fourth-order valence-corrected chi connectivity index (χ4v) is 5.51. The van der Waals surface area contributed by atoms with E-state index < -0.39 is 0 Å². The fourth-order valence-electron chi connectivity index (χ4n) is 5.51. The van der Waals surface area contributed by atoms with Crippen molar-refractivity contribution < 1.29 is 18.7 Å². The van der Waals surface area contributed by atoms with Crippen LogP contribution in [0.2, 0.25) is 0 Å². The molecule has 322 valence electrons. The highest BCUT2D eigenvalue weighted by Gasteiger charge is 2.20. The zero-order valence-corrected chi connectivity index (χ0v) is 41.0. The van der Waals surface area contributed by atoms with Gasteiger partial charge in [0, 0.05) is 11.2 Å². The van der Waals surface area contributed by atoms with Crippen LogP contribution in [-0.4, -0.2) is 28.9 Å². The zero-order valence-electron chi connectivity index (χ0n) is 41.0. The molecule has 0 unspecified atom stereocenters. The Balaban J connectivity index is -0.000000635. The van der Waals surface area contributed by atoms with E-state index >= 15 is 0 Å². The Hall–Kier alpha value is -3.82. The van der Waals surface area contributed by atoms with Gasteiger partial charge in [-0.05, 0) is 133 Å². The Bertz CT molecular complexity index is 1420. The van der Waals surface area contributed by atoms with Gasteiger partial charge in [0.2, 0.25) is 18.7 Å². The van der Waals surface area contributed by atoms with Crippen molar-refractivity contribution in [2.75, 3.05) is 0 Å². The van der Waals surface area contributed by atoms with E-state index in [0.717, 1.165) is 0 Å². The number of benzene rings is 1. The van der Waals surface area contributed by atoms with Crippen molar-refractivity contribution in [3.63, 3.8) is 0 Å². The van der Waals surface area contributed by atoms with Crippen molar-refractivity contribution in [2.24, 2.45) is 0 Å². The number of aromatic nitrogens is 10. The summed E-state index contributed by atoms with van der Waals surface area (Å²) in [7, 11) is 0. The molecule has 0 atom stereocenters. The minimum Gasteiger partial charge on any atom is -0.178 e. The van der Waals surface area contributed by atoms with E-state index in [2.05, 4.69) is 203 Å². The van der Waals surface area contributed by atoms with E-state index in [1.807, 2.05) is 85.2 Å². The van der Waals surface area contributed by atoms with Crippen LogP contribution in [0.25, 0.3) is 10.9 Å². The highest BCUT2D eigenvalue weighted by Crippen LogP contribution is 2.17. The lowest BCUT2D eigenvalue weighted by Crippen LogP contribution is -2.45. The first-order valence-corrected chi connectivity index (χ1v) is 22.0. The predicted octanol–water partition coefficient (Wildman–Crippen LogP) is 11.8. The van der Waals surface area contributed by atoms with E-state index in [4.69, 9.17) is 0 Å². The van der Waals surface area contributed by atoms with E-state index in [1.165, 1.54) is 10.9 Å². The summed E-state index contributed by atoms with van der Waals surface area (Å²) in [5.41, 5.74) is 1.32. The molecule has 10 heteroatoms. The molecule has 0 saturated carbocycles. The van der Waals surface area contributed by atoms with Gasteiger partial charge in [-0.2, -0.15) is 23.4 Å². The summed E-state index contributed by atoms with van der Waals surface area (Å²) in [4.78, 5) is 6.08. The molecule has 56 heavy (non-hydrogen) atoms. The van der Waals surface area contributed by atoms with Crippen LogP contribution in [0.3, 0.4) is 0 Å².